The lowest BCUT2D eigenvalue weighted by Crippen LogP contribution is -2.44. The van der Waals surface area contributed by atoms with E-state index in [2.05, 4.69) is 46.7 Å². The van der Waals surface area contributed by atoms with Crippen molar-refractivity contribution in [2.75, 3.05) is 13.1 Å². The van der Waals surface area contributed by atoms with Crippen molar-refractivity contribution in [1.29, 1.82) is 0 Å². The third-order valence-corrected chi connectivity index (χ3v) is 6.36. The summed E-state index contributed by atoms with van der Waals surface area (Å²) in [5.41, 5.74) is 4.90. The number of carbonyl (C=O) groups excluding carboxylic acids is 1. The average molecular weight is 440 g/mol. The Bertz CT molecular complexity index is 1150. The highest BCUT2D eigenvalue weighted by molar-refractivity contribution is 5.75. The molecule has 3 aromatic rings. The molecule has 0 radical (unpaired) electrons. The number of urea groups is 1. The molecule has 1 N–H and O–H groups in total. The summed E-state index contributed by atoms with van der Waals surface area (Å²) in [5, 5.41) is 3.22. The number of rotatable bonds is 5. The van der Waals surface area contributed by atoms with Crippen molar-refractivity contribution < 1.29 is 9.53 Å². The zero-order valence-corrected chi connectivity index (χ0v) is 18.9. The second-order valence-electron chi connectivity index (χ2n) is 8.94. The largest absolute Gasteiger partial charge is 0.439 e. The van der Waals surface area contributed by atoms with Crippen molar-refractivity contribution in [2.24, 2.45) is 0 Å². The van der Waals surface area contributed by atoms with Crippen LogP contribution in [0.15, 0.2) is 78.5 Å². The van der Waals surface area contributed by atoms with Crippen LogP contribution in [0.2, 0.25) is 0 Å². The number of aromatic nitrogens is 1. The van der Waals surface area contributed by atoms with Crippen LogP contribution in [0.4, 0.5) is 4.79 Å². The van der Waals surface area contributed by atoms with Gasteiger partial charge in [-0.1, -0.05) is 54.1 Å². The van der Waals surface area contributed by atoms with Gasteiger partial charge in [0.05, 0.1) is 0 Å². The number of piperidine rings is 1. The fraction of sp³-hybridized carbons (Fsp3) is 0.286. The van der Waals surface area contributed by atoms with Gasteiger partial charge in [0.1, 0.15) is 5.75 Å². The van der Waals surface area contributed by atoms with E-state index in [4.69, 9.17) is 4.74 Å². The summed E-state index contributed by atoms with van der Waals surface area (Å²) in [7, 11) is 0. The van der Waals surface area contributed by atoms with Crippen LogP contribution in [-0.4, -0.2) is 35.0 Å². The molecule has 1 aliphatic heterocycles. The van der Waals surface area contributed by atoms with E-state index in [1.165, 1.54) is 11.1 Å². The molecule has 2 unspecified atom stereocenters. The molecule has 5 nitrogen and oxygen atoms in total. The lowest BCUT2D eigenvalue weighted by Gasteiger charge is -2.28. The number of aryl methyl sites for hydroxylation is 1. The average Bonchev–Trinajstić information content (AvgIpc) is 3.59. The van der Waals surface area contributed by atoms with Gasteiger partial charge in [0.2, 0.25) is 5.88 Å². The van der Waals surface area contributed by atoms with E-state index >= 15 is 0 Å². The highest BCUT2D eigenvalue weighted by atomic mass is 16.5. The molecule has 2 atom stereocenters. The van der Waals surface area contributed by atoms with Crippen LogP contribution in [0.5, 0.6) is 11.6 Å². The second kappa shape index (κ2) is 9.49. The van der Waals surface area contributed by atoms with Gasteiger partial charge in [0, 0.05) is 37.3 Å². The van der Waals surface area contributed by atoms with Crippen LogP contribution in [0.3, 0.4) is 0 Å². The molecule has 1 aliphatic carbocycles. The Morgan fingerprint density at radius 2 is 1.88 bits per heavy atom. The maximum absolute atomic E-state index is 12.7. The Morgan fingerprint density at radius 3 is 2.67 bits per heavy atom. The number of nitrogens with one attached hydrogen (secondary N) is 1. The van der Waals surface area contributed by atoms with E-state index in [-0.39, 0.29) is 12.1 Å². The molecule has 5 rings (SSSR count). The number of ether oxygens (including phenoxy) is 1. The van der Waals surface area contributed by atoms with Crippen molar-refractivity contribution in [3.63, 3.8) is 0 Å². The van der Waals surface area contributed by atoms with Gasteiger partial charge in [0.25, 0.3) is 0 Å². The highest BCUT2D eigenvalue weighted by Crippen LogP contribution is 2.40. The van der Waals surface area contributed by atoms with Crippen molar-refractivity contribution >= 4 is 12.1 Å². The molecule has 0 spiro atoms. The third kappa shape index (κ3) is 5.43. The number of amides is 2. The molecule has 2 aromatic carbocycles. The summed E-state index contributed by atoms with van der Waals surface area (Å²) in [6.45, 7) is 3.53. The van der Waals surface area contributed by atoms with Gasteiger partial charge in [0.15, 0.2) is 0 Å². The van der Waals surface area contributed by atoms with Gasteiger partial charge in [-0.05, 0) is 61.1 Å². The van der Waals surface area contributed by atoms with Crippen molar-refractivity contribution in [3.8, 4) is 11.6 Å². The minimum absolute atomic E-state index is 0.0681. The monoisotopic (exact) mass is 439 g/mol. The van der Waals surface area contributed by atoms with E-state index in [9.17, 15) is 4.79 Å². The highest BCUT2D eigenvalue weighted by Gasteiger charge is 2.40. The van der Waals surface area contributed by atoms with Crippen LogP contribution in [0.25, 0.3) is 6.08 Å². The lowest BCUT2D eigenvalue weighted by atomic mass is 10.0. The molecule has 2 heterocycles. The van der Waals surface area contributed by atoms with Gasteiger partial charge < -0.3 is 15.0 Å². The molecule has 5 heteroatoms. The Kier molecular flexibility index (Phi) is 6.11. The quantitative estimate of drug-likeness (QED) is 0.536. The summed E-state index contributed by atoms with van der Waals surface area (Å²) in [6, 6.07) is 22.7. The first kappa shape index (κ1) is 21.3. The Hall–Kier alpha value is -3.60. The predicted octanol–water partition coefficient (Wildman–Crippen LogP) is 5.93. The fourth-order valence-corrected chi connectivity index (χ4v) is 4.40. The molecule has 1 saturated heterocycles. The minimum Gasteiger partial charge on any atom is -0.439 e. The SMILES string of the molecule is Cc1ccnc(Oc2cccc(C=C3CCN(C(=O)NC4CC4c4ccccc4)CC3)c2)c1. The molecular formula is C28H29N3O2. The number of benzene rings is 2. The first-order chi connectivity index (χ1) is 16.1. The molecule has 0 bridgehead atoms. The van der Waals surface area contributed by atoms with Crippen molar-refractivity contribution in [1.82, 2.24) is 15.2 Å². The normalized spacial score (nSPS) is 19.7. The first-order valence-corrected chi connectivity index (χ1v) is 11.6. The molecule has 168 valence electrons. The number of nitrogens with zero attached hydrogens (tertiary/aromatic N) is 2. The molecule has 2 aliphatic rings. The summed E-state index contributed by atoms with van der Waals surface area (Å²) < 4.78 is 5.92. The van der Waals surface area contributed by atoms with Gasteiger partial charge >= 0.3 is 6.03 Å². The summed E-state index contributed by atoms with van der Waals surface area (Å²) >= 11 is 0. The van der Waals surface area contributed by atoms with Crippen LogP contribution in [-0.2, 0) is 0 Å². The maximum atomic E-state index is 12.7. The zero-order chi connectivity index (χ0) is 22.6. The predicted molar refractivity (Wildman–Crippen MR) is 130 cm³/mol. The molecular weight excluding hydrogens is 410 g/mol. The number of carbonyl (C=O) groups is 1. The number of hydrogen-bond acceptors (Lipinski definition) is 3. The van der Waals surface area contributed by atoms with E-state index in [1.807, 2.05) is 48.2 Å². The number of likely N-dealkylation sites (tertiary alicyclic amines) is 1. The first-order valence-electron chi connectivity index (χ1n) is 11.6. The molecule has 1 saturated carbocycles. The molecule has 2 amide bonds. The lowest BCUT2D eigenvalue weighted by molar-refractivity contribution is 0.193. The number of pyridine rings is 1. The number of hydrogen-bond donors (Lipinski definition) is 1. The van der Waals surface area contributed by atoms with E-state index in [1.54, 1.807) is 6.20 Å². The van der Waals surface area contributed by atoms with Gasteiger partial charge in [-0.2, -0.15) is 0 Å². The van der Waals surface area contributed by atoms with Crippen LogP contribution in [0, 0.1) is 6.92 Å². The van der Waals surface area contributed by atoms with E-state index in [0.717, 1.165) is 49.2 Å². The molecule has 1 aromatic heterocycles. The van der Waals surface area contributed by atoms with Crippen LogP contribution < -0.4 is 10.1 Å². The van der Waals surface area contributed by atoms with E-state index < -0.39 is 0 Å². The van der Waals surface area contributed by atoms with Gasteiger partial charge in [-0.15, -0.1) is 0 Å². The topological polar surface area (TPSA) is 54.5 Å². The van der Waals surface area contributed by atoms with Gasteiger partial charge in [-0.3, -0.25) is 0 Å². The maximum Gasteiger partial charge on any atom is 0.317 e. The van der Waals surface area contributed by atoms with Crippen molar-refractivity contribution in [2.45, 2.75) is 38.1 Å². The Balaban J connectivity index is 1.13. The van der Waals surface area contributed by atoms with Crippen LogP contribution >= 0.6 is 0 Å². The van der Waals surface area contributed by atoms with Crippen molar-refractivity contribution in [3.05, 3.63) is 95.2 Å². The van der Waals surface area contributed by atoms with Crippen LogP contribution in [0.1, 0.15) is 41.9 Å². The summed E-state index contributed by atoms with van der Waals surface area (Å²) in [4.78, 5) is 18.9. The summed E-state index contributed by atoms with van der Waals surface area (Å²) in [6.07, 6.45) is 6.80. The minimum atomic E-state index is 0.0681. The van der Waals surface area contributed by atoms with Gasteiger partial charge in [-0.25, -0.2) is 9.78 Å². The second-order valence-corrected chi connectivity index (χ2v) is 8.94. The summed E-state index contributed by atoms with van der Waals surface area (Å²) in [5.74, 6) is 1.83. The fourth-order valence-electron chi connectivity index (χ4n) is 4.40. The standard InChI is InChI=1S/C28H29N3O2/c1-20-10-13-29-27(16-20)33-24-9-5-6-22(18-24)17-21-11-14-31(15-12-21)28(32)30-26-19-25(26)23-7-3-2-4-8-23/h2-10,13,16-18,25-26H,11-12,14-15,19H2,1H3,(H,30,32). The third-order valence-electron chi connectivity index (χ3n) is 6.36. The smallest absolute Gasteiger partial charge is 0.317 e. The molecule has 33 heavy (non-hydrogen) atoms. The zero-order valence-electron chi connectivity index (χ0n) is 18.9. The molecule has 2 fully saturated rings. The Labute approximate surface area is 195 Å². The van der Waals surface area contributed by atoms with E-state index in [0.29, 0.717) is 11.8 Å². The Morgan fingerprint density at radius 1 is 1.06 bits per heavy atom.